The predicted molar refractivity (Wildman–Crippen MR) is 84.8 cm³/mol. The van der Waals surface area contributed by atoms with E-state index in [0.717, 1.165) is 6.42 Å². The molecule has 1 aromatic carbocycles. The summed E-state index contributed by atoms with van der Waals surface area (Å²) in [4.78, 5) is 13.4. The van der Waals surface area contributed by atoms with Gasteiger partial charge in [-0.25, -0.2) is 4.79 Å². The van der Waals surface area contributed by atoms with Crippen molar-refractivity contribution >= 4 is 6.09 Å². The molecule has 1 atom stereocenters. The zero-order chi connectivity index (χ0) is 15.5. The lowest BCUT2D eigenvalue weighted by Crippen LogP contribution is -2.43. The zero-order valence-electron chi connectivity index (χ0n) is 13.8. The molecule has 1 saturated heterocycles. The van der Waals surface area contributed by atoms with Crippen molar-refractivity contribution in [3.63, 3.8) is 0 Å². The summed E-state index contributed by atoms with van der Waals surface area (Å²) in [6, 6.07) is 8.40. The quantitative estimate of drug-likeness (QED) is 0.779. The minimum atomic E-state index is -0.193. The van der Waals surface area contributed by atoms with Crippen LogP contribution in [0.25, 0.3) is 0 Å². The van der Waals surface area contributed by atoms with E-state index in [1.165, 1.54) is 11.1 Å². The van der Waals surface area contributed by atoms with Gasteiger partial charge in [0.1, 0.15) is 0 Å². The van der Waals surface area contributed by atoms with E-state index >= 15 is 0 Å². The van der Waals surface area contributed by atoms with Crippen LogP contribution in [0.3, 0.4) is 0 Å². The van der Waals surface area contributed by atoms with Crippen LogP contribution >= 0.6 is 0 Å². The first-order valence-electron chi connectivity index (χ1n) is 7.66. The van der Waals surface area contributed by atoms with Gasteiger partial charge >= 0.3 is 6.09 Å². The van der Waals surface area contributed by atoms with Crippen molar-refractivity contribution in [3.8, 4) is 0 Å². The summed E-state index contributed by atoms with van der Waals surface area (Å²) in [7, 11) is 0. The van der Waals surface area contributed by atoms with Crippen LogP contribution in [0.1, 0.15) is 52.2 Å². The van der Waals surface area contributed by atoms with E-state index in [-0.39, 0.29) is 12.1 Å². The molecule has 0 saturated carbocycles. The Bertz CT molecular complexity index is 390. The summed E-state index contributed by atoms with van der Waals surface area (Å²) in [5.74, 6) is 0. The van der Waals surface area contributed by atoms with E-state index in [4.69, 9.17) is 4.74 Å². The minimum absolute atomic E-state index is 0.193. The molecular weight excluding hydrogens is 250 g/mol. The fourth-order valence-electron chi connectivity index (χ4n) is 1.93. The Morgan fingerprint density at radius 2 is 1.80 bits per heavy atom. The van der Waals surface area contributed by atoms with Crippen molar-refractivity contribution < 1.29 is 9.53 Å². The monoisotopic (exact) mass is 279 g/mol. The number of amides is 1. The lowest BCUT2D eigenvalue weighted by molar-refractivity contribution is 0.0456. The van der Waals surface area contributed by atoms with Gasteiger partial charge in [-0.05, 0) is 25.0 Å². The third kappa shape index (κ3) is 5.24. The number of benzene rings is 1. The fraction of sp³-hybridized carbons (Fsp3) is 0.588. The Balaban J connectivity index is 0.000000829. The number of ether oxygens (including phenoxy) is 1. The van der Waals surface area contributed by atoms with Crippen molar-refractivity contribution in [1.82, 2.24) is 4.90 Å². The third-order valence-electron chi connectivity index (χ3n) is 3.13. The molecule has 1 aliphatic rings. The second kappa shape index (κ2) is 10.3. The molecule has 1 aromatic rings. The Labute approximate surface area is 123 Å². The van der Waals surface area contributed by atoms with Gasteiger partial charge in [0.15, 0.2) is 0 Å². The van der Waals surface area contributed by atoms with E-state index < -0.39 is 0 Å². The van der Waals surface area contributed by atoms with Crippen LogP contribution in [-0.2, 0) is 11.3 Å². The molecular formula is C17H29NO2. The largest absolute Gasteiger partial charge is 0.449 e. The average molecular weight is 279 g/mol. The number of cyclic esters (lactones) is 1. The third-order valence-corrected chi connectivity index (χ3v) is 3.13. The van der Waals surface area contributed by atoms with E-state index in [1.807, 2.05) is 39.8 Å². The van der Waals surface area contributed by atoms with E-state index in [0.29, 0.717) is 13.2 Å². The van der Waals surface area contributed by atoms with Gasteiger partial charge in [0.25, 0.3) is 0 Å². The van der Waals surface area contributed by atoms with Crippen molar-refractivity contribution in [2.75, 3.05) is 6.61 Å². The number of hydrogen-bond acceptors (Lipinski definition) is 2. The molecule has 0 aromatic heterocycles. The molecule has 0 bridgehead atoms. The van der Waals surface area contributed by atoms with Crippen LogP contribution in [0, 0.1) is 6.92 Å². The molecule has 1 heterocycles. The van der Waals surface area contributed by atoms with Crippen LogP contribution in [0.15, 0.2) is 24.3 Å². The maximum atomic E-state index is 11.6. The molecule has 20 heavy (non-hydrogen) atoms. The number of hydrogen-bond donors (Lipinski definition) is 0. The molecule has 3 nitrogen and oxygen atoms in total. The molecule has 0 radical (unpaired) electrons. The topological polar surface area (TPSA) is 29.5 Å². The number of aryl methyl sites for hydroxylation is 1. The Morgan fingerprint density at radius 3 is 2.35 bits per heavy atom. The first-order chi connectivity index (χ1) is 9.68. The first-order valence-corrected chi connectivity index (χ1v) is 7.66. The molecule has 3 heteroatoms. The van der Waals surface area contributed by atoms with Crippen LogP contribution in [-0.4, -0.2) is 23.6 Å². The normalized spacial score (nSPS) is 17.2. The zero-order valence-corrected chi connectivity index (χ0v) is 13.8. The maximum absolute atomic E-state index is 11.6. The molecule has 2 rings (SSSR count). The summed E-state index contributed by atoms with van der Waals surface area (Å²) >= 11 is 0. The molecule has 114 valence electrons. The summed E-state index contributed by atoms with van der Waals surface area (Å²) in [6.45, 7) is 13.3. The van der Waals surface area contributed by atoms with Crippen molar-refractivity contribution in [2.24, 2.45) is 0 Å². The molecule has 1 fully saturated rings. The summed E-state index contributed by atoms with van der Waals surface area (Å²) in [6.07, 6.45) is 0.722. The Morgan fingerprint density at radius 1 is 1.20 bits per heavy atom. The maximum Gasteiger partial charge on any atom is 0.410 e. The van der Waals surface area contributed by atoms with Gasteiger partial charge < -0.3 is 9.64 Å². The molecule has 1 aliphatic heterocycles. The second-order valence-corrected chi connectivity index (χ2v) is 4.31. The highest BCUT2D eigenvalue weighted by Gasteiger charge is 2.26. The Hall–Kier alpha value is -1.51. The smallest absolute Gasteiger partial charge is 0.410 e. The van der Waals surface area contributed by atoms with Gasteiger partial charge in [-0.15, -0.1) is 0 Å². The van der Waals surface area contributed by atoms with Gasteiger partial charge in [-0.3, -0.25) is 0 Å². The van der Waals surface area contributed by atoms with Crippen LogP contribution in [0.2, 0.25) is 0 Å². The van der Waals surface area contributed by atoms with Gasteiger partial charge in [0.05, 0.1) is 6.61 Å². The summed E-state index contributed by atoms with van der Waals surface area (Å²) < 4.78 is 5.06. The lowest BCUT2D eigenvalue weighted by atomic mass is 10.1. The summed E-state index contributed by atoms with van der Waals surface area (Å²) in [5, 5.41) is 0. The van der Waals surface area contributed by atoms with E-state index in [1.54, 1.807) is 4.90 Å². The summed E-state index contributed by atoms with van der Waals surface area (Å²) in [5.41, 5.74) is 2.40. The highest BCUT2D eigenvalue weighted by Crippen LogP contribution is 2.18. The van der Waals surface area contributed by atoms with E-state index in [9.17, 15) is 4.79 Å². The van der Waals surface area contributed by atoms with Gasteiger partial charge in [-0.2, -0.15) is 0 Å². The molecule has 1 amide bonds. The predicted octanol–water partition coefficient (Wildman–Crippen LogP) is 4.78. The van der Waals surface area contributed by atoms with Crippen LogP contribution in [0.5, 0.6) is 0 Å². The lowest BCUT2D eigenvalue weighted by Gasteiger charge is -2.33. The average Bonchev–Trinajstić information content (AvgIpc) is 2.49. The first kappa shape index (κ1) is 18.5. The Kier molecular flexibility index (Phi) is 9.52. The molecule has 0 spiro atoms. The van der Waals surface area contributed by atoms with E-state index in [2.05, 4.69) is 26.0 Å². The number of carbonyl (C=O) groups excluding carboxylic acids is 1. The van der Waals surface area contributed by atoms with Gasteiger partial charge in [-0.1, -0.05) is 52.0 Å². The van der Waals surface area contributed by atoms with Crippen molar-refractivity contribution in [1.29, 1.82) is 0 Å². The molecule has 0 N–H and O–H groups in total. The van der Waals surface area contributed by atoms with Crippen LogP contribution in [0.4, 0.5) is 4.79 Å². The number of nitrogens with zero attached hydrogens (tertiary/aromatic N) is 1. The highest BCUT2D eigenvalue weighted by atomic mass is 16.6. The standard InChI is InChI=1S/C13H17NO2.2C2H6/c1-10-5-3-4-6-12(10)9-14-11(2)7-8-16-13(14)15;2*1-2/h3-6,11H,7-9H2,1-2H3;2*1-2H3. The van der Waals surface area contributed by atoms with Gasteiger partial charge in [0.2, 0.25) is 0 Å². The number of rotatable bonds is 2. The fourth-order valence-corrected chi connectivity index (χ4v) is 1.93. The highest BCUT2D eigenvalue weighted by molar-refractivity contribution is 5.68. The SMILES string of the molecule is CC.CC.Cc1ccccc1CN1C(=O)OCCC1C. The van der Waals surface area contributed by atoms with Crippen molar-refractivity contribution in [3.05, 3.63) is 35.4 Å². The molecule has 1 unspecified atom stereocenters. The second-order valence-electron chi connectivity index (χ2n) is 4.31. The minimum Gasteiger partial charge on any atom is -0.449 e. The van der Waals surface area contributed by atoms with Crippen molar-refractivity contribution in [2.45, 2.75) is 60.5 Å². The van der Waals surface area contributed by atoms with Gasteiger partial charge in [0, 0.05) is 19.0 Å². The number of carbonyl (C=O) groups is 1. The molecule has 0 aliphatic carbocycles. The van der Waals surface area contributed by atoms with Crippen LogP contribution < -0.4 is 0 Å².